The molecule has 0 radical (unpaired) electrons. The number of nitrogens with one attached hydrogen (secondary N) is 1. The highest BCUT2D eigenvalue weighted by Gasteiger charge is 2.08. The molecule has 0 atom stereocenters. The molecule has 4 heteroatoms. The maximum absolute atomic E-state index is 13.2. The van der Waals surface area contributed by atoms with Crippen LogP contribution in [0.3, 0.4) is 0 Å². The van der Waals surface area contributed by atoms with Crippen LogP contribution in [0.4, 0.5) is 4.39 Å². The van der Waals surface area contributed by atoms with Crippen LogP contribution in [0, 0.1) is 12.7 Å². The molecule has 0 fully saturated rings. The van der Waals surface area contributed by atoms with E-state index in [-0.39, 0.29) is 11.6 Å². The van der Waals surface area contributed by atoms with Crippen molar-refractivity contribution in [3.63, 3.8) is 0 Å². The number of halogens is 1. The Bertz CT molecular complexity index is 450. The highest BCUT2D eigenvalue weighted by molar-refractivity contribution is 5.82. The van der Waals surface area contributed by atoms with Gasteiger partial charge in [-0.1, -0.05) is 0 Å². The topological polar surface area (TPSA) is 37.9 Å². The third-order valence-corrected chi connectivity index (χ3v) is 2.02. The molecule has 2 aromatic rings. The number of nitrogens with zero attached hydrogens (tertiary/aromatic N) is 1. The zero-order valence-corrected chi connectivity index (χ0v) is 7.39. The number of aromatic amines is 1. The summed E-state index contributed by atoms with van der Waals surface area (Å²) in [7, 11) is 1.43. The minimum Gasteiger partial charge on any atom is -0.494 e. The molecule has 0 aliphatic heterocycles. The van der Waals surface area contributed by atoms with E-state index in [1.54, 1.807) is 6.07 Å². The normalized spacial score (nSPS) is 10.7. The minimum atomic E-state index is -0.362. The summed E-state index contributed by atoms with van der Waals surface area (Å²) in [5.74, 6) is -0.140. The van der Waals surface area contributed by atoms with Gasteiger partial charge in [-0.2, -0.15) is 5.10 Å². The van der Waals surface area contributed by atoms with Crippen LogP contribution in [0.1, 0.15) is 5.69 Å². The summed E-state index contributed by atoms with van der Waals surface area (Å²) in [4.78, 5) is 0. The summed E-state index contributed by atoms with van der Waals surface area (Å²) in [5.41, 5.74) is 1.58. The van der Waals surface area contributed by atoms with Crippen LogP contribution >= 0.6 is 0 Å². The molecule has 0 saturated carbocycles. The molecule has 0 spiro atoms. The number of rotatable bonds is 1. The van der Waals surface area contributed by atoms with Gasteiger partial charge in [0.05, 0.1) is 12.6 Å². The number of methoxy groups -OCH3 is 1. The van der Waals surface area contributed by atoms with Gasteiger partial charge in [-0.05, 0) is 13.0 Å². The SMILES string of the molecule is COc1cc2n[nH]c(C)c2cc1F. The zero-order valence-electron chi connectivity index (χ0n) is 7.39. The molecule has 1 N–H and O–H groups in total. The second-order valence-corrected chi connectivity index (χ2v) is 2.85. The molecule has 1 heterocycles. The fourth-order valence-electron chi connectivity index (χ4n) is 1.30. The predicted molar refractivity (Wildman–Crippen MR) is 47.3 cm³/mol. The van der Waals surface area contributed by atoms with Crippen molar-refractivity contribution in [1.82, 2.24) is 10.2 Å². The molecule has 0 aliphatic carbocycles. The van der Waals surface area contributed by atoms with Gasteiger partial charge in [-0.25, -0.2) is 4.39 Å². The third-order valence-electron chi connectivity index (χ3n) is 2.02. The number of benzene rings is 1. The van der Waals surface area contributed by atoms with Crippen molar-refractivity contribution in [2.24, 2.45) is 0 Å². The van der Waals surface area contributed by atoms with Crippen LogP contribution in [0.15, 0.2) is 12.1 Å². The number of hydrogen-bond donors (Lipinski definition) is 1. The van der Waals surface area contributed by atoms with Crippen molar-refractivity contribution in [3.05, 3.63) is 23.6 Å². The number of H-pyrrole nitrogens is 1. The summed E-state index contributed by atoms with van der Waals surface area (Å²) in [6.45, 7) is 1.85. The van der Waals surface area contributed by atoms with Gasteiger partial charge in [-0.15, -0.1) is 0 Å². The molecule has 1 aromatic heterocycles. The molecule has 2 rings (SSSR count). The Hall–Kier alpha value is -1.58. The number of ether oxygens (including phenoxy) is 1. The molecule has 0 aliphatic rings. The fraction of sp³-hybridized carbons (Fsp3) is 0.222. The van der Waals surface area contributed by atoms with E-state index in [4.69, 9.17) is 4.74 Å². The number of hydrogen-bond acceptors (Lipinski definition) is 2. The molecular formula is C9H9FN2O. The second-order valence-electron chi connectivity index (χ2n) is 2.85. The van der Waals surface area contributed by atoms with Crippen LogP contribution in [0.2, 0.25) is 0 Å². The van der Waals surface area contributed by atoms with Crippen molar-refractivity contribution in [1.29, 1.82) is 0 Å². The first-order chi connectivity index (χ1) is 6.22. The summed E-state index contributed by atoms with van der Waals surface area (Å²) >= 11 is 0. The maximum atomic E-state index is 13.2. The third kappa shape index (κ3) is 1.14. The van der Waals surface area contributed by atoms with E-state index < -0.39 is 0 Å². The van der Waals surface area contributed by atoms with Crippen molar-refractivity contribution >= 4 is 10.9 Å². The Labute approximate surface area is 74.5 Å². The Morgan fingerprint density at radius 2 is 2.23 bits per heavy atom. The van der Waals surface area contributed by atoms with Gasteiger partial charge in [0.25, 0.3) is 0 Å². The quantitative estimate of drug-likeness (QED) is 0.729. The van der Waals surface area contributed by atoms with E-state index in [2.05, 4.69) is 10.2 Å². The fourth-order valence-corrected chi connectivity index (χ4v) is 1.30. The molecule has 0 bridgehead atoms. The maximum Gasteiger partial charge on any atom is 0.165 e. The number of fused-ring (bicyclic) bond motifs is 1. The molecular weight excluding hydrogens is 171 g/mol. The van der Waals surface area contributed by atoms with E-state index >= 15 is 0 Å². The summed E-state index contributed by atoms with van der Waals surface area (Å²) in [6, 6.07) is 3.00. The van der Waals surface area contributed by atoms with Gasteiger partial charge in [0, 0.05) is 17.1 Å². The average molecular weight is 180 g/mol. The monoisotopic (exact) mass is 180 g/mol. The highest BCUT2D eigenvalue weighted by atomic mass is 19.1. The Morgan fingerprint density at radius 1 is 1.46 bits per heavy atom. The van der Waals surface area contributed by atoms with E-state index in [0.29, 0.717) is 0 Å². The Kier molecular flexibility index (Phi) is 1.69. The Morgan fingerprint density at radius 3 is 2.92 bits per heavy atom. The van der Waals surface area contributed by atoms with Crippen molar-refractivity contribution in [2.75, 3.05) is 7.11 Å². The van der Waals surface area contributed by atoms with Crippen LogP contribution < -0.4 is 4.74 Å². The van der Waals surface area contributed by atoms with Crippen LogP contribution in [-0.2, 0) is 0 Å². The smallest absolute Gasteiger partial charge is 0.165 e. The van der Waals surface area contributed by atoms with Crippen molar-refractivity contribution in [3.8, 4) is 5.75 Å². The lowest BCUT2D eigenvalue weighted by molar-refractivity contribution is 0.387. The van der Waals surface area contributed by atoms with Gasteiger partial charge in [0.2, 0.25) is 0 Å². The average Bonchev–Trinajstić information content (AvgIpc) is 2.47. The lowest BCUT2D eigenvalue weighted by Gasteiger charge is -2.00. The van der Waals surface area contributed by atoms with Gasteiger partial charge < -0.3 is 4.74 Å². The van der Waals surface area contributed by atoms with Crippen molar-refractivity contribution < 1.29 is 9.13 Å². The number of aromatic nitrogens is 2. The molecule has 0 amide bonds. The molecule has 0 saturated heterocycles. The highest BCUT2D eigenvalue weighted by Crippen LogP contribution is 2.24. The second kappa shape index (κ2) is 2.73. The largest absolute Gasteiger partial charge is 0.494 e. The first kappa shape index (κ1) is 8.04. The molecule has 1 aromatic carbocycles. The lowest BCUT2D eigenvalue weighted by Crippen LogP contribution is -1.87. The van der Waals surface area contributed by atoms with Crippen LogP contribution in [0.25, 0.3) is 10.9 Å². The van der Waals surface area contributed by atoms with Crippen LogP contribution in [-0.4, -0.2) is 17.3 Å². The van der Waals surface area contributed by atoms with Gasteiger partial charge in [0.1, 0.15) is 0 Å². The minimum absolute atomic E-state index is 0.221. The van der Waals surface area contributed by atoms with Crippen molar-refractivity contribution in [2.45, 2.75) is 6.92 Å². The summed E-state index contributed by atoms with van der Waals surface area (Å²) in [5, 5.41) is 7.57. The Balaban J connectivity index is 2.76. The van der Waals surface area contributed by atoms with Crippen LogP contribution in [0.5, 0.6) is 5.75 Å². The molecule has 0 unspecified atom stereocenters. The van der Waals surface area contributed by atoms with Gasteiger partial charge in [-0.3, -0.25) is 5.10 Å². The van der Waals surface area contributed by atoms with E-state index in [0.717, 1.165) is 16.6 Å². The molecule has 3 nitrogen and oxygen atoms in total. The number of aryl methyl sites for hydroxylation is 1. The first-order valence-electron chi connectivity index (χ1n) is 3.90. The molecule has 68 valence electrons. The van der Waals surface area contributed by atoms with E-state index in [1.165, 1.54) is 13.2 Å². The lowest BCUT2D eigenvalue weighted by atomic mass is 10.2. The predicted octanol–water partition coefficient (Wildman–Crippen LogP) is 2.02. The first-order valence-corrected chi connectivity index (χ1v) is 3.90. The standard InChI is InChI=1S/C9H9FN2O/c1-5-6-3-7(10)9(13-2)4-8(6)12-11-5/h3-4H,1-2H3,(H,11,12). The van der Waals surface area contributed by atoms with E-state index in [9.17, 15) is 4.39 Å². The zero-order chi connectivity index (χ0) is 9.42. The molecule has 13 heavy (non-hydrogen) atoms. The summed E-state index contributed by atoms with van der Waals surface area (Å²) in [6.07, 6.45) is 0. The summed E-state index contributed by atoms with van der Waals surface area (Å²) < 4.78 is 18.0. The van der Waals surface area contributed by atoms with Gasteiger partial charge in [0.15, 0.2) is 11.6 Å². The van der Waals surface area contributed by atoms with Gasteiger partial charge >= 0.3 is 0 Å². The van der Waals surface area contributed by atoms with E-state index in [1.807, 2.05) is 6.92 Å².